The van der Waals surface area contributed by atoms with E-state index in [-0.39, 0.29) is 5.56 Å². The Labute approximate surface area is 112 Å². The van der Waals surface area contributed by atoms with Crippen molar-refractivity contribution in [3.05, 3.63) is 64.5 Å². The minimum atomic E-state index is -0.469. The molecule has 0 aromatic heterocycles. The monoisotopic (exact) mass is 257 g/mol. The van der Waals surface area contributed by atoms with Crippen LogP contribution in [0.3, 0.4) is 0 Å². The minimum absolute atomic E-state index is 0.0678. The van der Waals surface area contributed by atoms with Crippen molar-refractivity contribution in [3.63, 3.8) is 0 Å². The Bertz CT molecular complexity index is 635. The Balaban J connectivity index is 2.26. The van der Waals surface area contributed by atoms with Crippen LogP contribution in [-0.2, 0) is 0 Å². The fraction of sp³-hybridized carbons (Fsp3) is 0.188. The maximum atomic E-state index is 13.8. The van der Waals surface area contributed by atoms with Crippen LogP contribution in [0.2, 0.25) is 0 Å². The Morgan fingerprint density at radius 2 is 1.74 bits per heavy atom. The average molecular weight is 257 g/mol. The number of hydrogen-bond donors (Lipinski definition) is 1. The molecule has 0 heterocycles. The molecule has 2 rings (SSSR count). The molecule has 98 valence electrons. The van der Waals surface area contributed by atoms with Crippen LogP contribution in [-0.4, -0.2) is 5.91 Å². The van der Waals surface area contributed by atoms with Gasteiger partial charge in [0, 0.05) is 5.69 Å². The number of hydrogen-bond acceptors (Lipinski definition) is 1. The third-order valence-corrected chi connectivity index (χ3v) is 3.20. The third-order valence-electron chi connectivity index (χ3n) is 3.20. The first-order valence-corrected chi connectivity index (χ1v) is 6.13. The van der Waals surface area contributed by atoms with E-state index in [2.05, 4.69) is 5.32 Å². The van der Waals surface area contributed by atoms with Crippen molar-refractivity contribution in [2.24, 2.45) is 0 Å². The molecule has 1 amide bonds. The van der Waals surface area contributed by atoms with E-state index in [4.69, 9.17) is 0 Å². The standard InChI is InChI=1S/C16H16FNO/c1-10-7-8-13(9-12(10)3)18-16(19)14-6-4-5-11(2)15(14)17/h4-9H,1-3H3,(H,18,19). The van der Waals surface area contributed by atoms with Gasteiger partial charge in [-0.2, -0.15) is 0 Å². The van der Waals surface area contributed by atoms with Gasteiger partial charge >= 0.3 is 0 Å². The van der Waals surface area contributed by atoms with E-state index in [1.54, 1.807) is 19.1 Å². The van der Waals surface area contributed by atoms with Crippen molar-refractivity contribution >= 4 is 11.6 Å². The number of benzene rings is 2. The third kappa shape index (κ3) is 2.81. The molecule has 2 nitrogen and oxygen atoms in total. The van der Waals surface area contributed by atoms with Gasteiger partial charge in [0.25, 0.3) is 5.91 Å². The Morgan fingerprint density at radius 3 is 2.42 bits per heavy atom. The molecule has 0 bridgehead atoms. The lowest BCUT2D eigenvalue weighted by Gasteiger charge is -2.09. The van der Waals surface area contributed by atoms with E-state index in [1.807, 2.05) is 32.0 Å². The first-order chi connectivity index (χ1) is 8.99. The van der Waals surface area contributed by atoms with Crippen LogP contribution in [0.5, 0.6) is 0 Å². The number of nitrogens with one attached hydrogen (secondary N) is 1. The van der Waals surface area contributed by atoms with Crippen LogP contribution >= 0.6 is 0 Å². The normalized spacial score (nSPS) is 10.3. The molecule has 3 heteroatoms. The maximum Gasteiger partial charge on any atom is 0.258 e. The van der Waals surface area contributed by atoms with Crippen LogP contribution < -0.4 is 5.32 Å². The second-order valence-electron chi connectivity index (χ2n) is 4.69. The quantitative estimate of drug-likeness (QED) is 0.865. The van der Waals surface area contributed by atoms with Gasteiger partial charge in [0.05, 0.1) is 5.56 Å². The molecule has 0 aliphatic rings. The van der Waals surface area contributed by atoms with Crippen molar-refractivity contribution in [1.82, 2.24) is 0 Å². The van der Waals surface area contributed by atoms with Crippen molar-refractivity contribution < 1.29 is 9.18 Å². The summed E-state index contributed by atoms with van der Waals surface area (Å²) < 4.78 is 13.8. The molecule has 0 saturated carbocycles. The number of halogens is 1. The van der Waals surface area contributed by atoms with Crippen molar-refractivity contribution in [2.45, 2.75) is 20.8 Å². The summed E-state index contributed by atoms with van der Waals surface area (Å²) in [4.78, 5) is 12.0. The molecular weight excluding hydrogens is 241 g/mol. The van der Waals surface area contributed by atoms with E-state index in [0.717, 1.165) is 11.1 Å². The van der Waals surface area contributed by atoms with Gasteiger partial charge < -0.3 is 5.32 Å². The van der Waals surface area contributed by atoms with Crippen LogP contribution in [0.4, 0.5) is 10.1 Å². The highest BCUT2D eigenvalue weighted by molar-refractivity contribution is 6.04. The average Bonchev–Trinajstić information content (AvgIpc) is 2.37. The molecule has 0 aliphatic heterocycles. The zero-order valence-corrected chi connectivity index (χ0v) is 11.3. The molecule has 19 heavy (non-hydrogen) atoms. The number of aryl methyl sites for hydroxylation is 3. The second kappa shape index (κ2) is 5.22. The Hall–Kier alpha value is -2.16. The molecule has 0 unspecified atom stereocenters. The molecule has 2 aromatic carbocycles. The second-order valence-corrected chi connectivity index (χ2v) is 4.69. The zero-order chi connectivity index (χ0) is 14.0. The van der Waals surface area contributed by atoms with Gasteiger partial charge in [0.15, 0.2) is 0 Å². The highest BCUT2D eigenvalue weighted by Gasteiger charge is 2.13. The summed E-state index contributed by atoms with van der Waals surface area (Å²) in [5, 5.41) is 2.72. The summed E-state index contributed by atoms with van der Waals surface area (Å²) in [6.45, 7) is 5.61. The molecule has 0 radical (unpaired) electrons. The van der Waals surface area contributed by atoms with Crippen LogP contribution in [0.1, 0.15) is 27.0 Å². The van der Waals surface area contributed by atoms with E-state index in [9.17, 15) is 9.18 Å². The smallest absolute Gasteiger partial charge is 0.258 e. The van der Waals surface area contributed by atoms with Gasteiger partial charge in [-0.05, 0) is 55.7 Å². The molecular formula is C16H16FNO. The van der Waals surface area contributed by atoms with Gasteiger partial charge in [-0.15, -0.1) is 0 Å². The summed E-state index contributed by atoms with van der Waals surface area (Å²) in [5.41, 5.74) is 3.45. The number of rotatable bonds is 2. The topological polar surface area (TPSA) is 29.1 Å². The lowest BCUT2D eigenvalue weighted by Crippen LogP contribution is -2.14. The van der Waals surface area contributed by atoms with Crippen LogP contribution in [0.25, 0.3) is 0 Å². The molecule has 0 aliphatic carbocycles. The highest BCUT2D eigenvalue weighted by atomic mass is 19.1. The van der Waals surface area contributed by atoms with E-state index >= 15 is 0 Å². The molecule has 0 fully saturated rings. The maximum absolute atomic E-state index is 13.8. The fourth-order valence-electron chi connectivity index (χ4n) is 1.84. The first-order valence-electron chi connectivity index (χ1n) is 6.13. The molecule has 0 atom stereocenters. The van der Waals surface area contributed by atoms with Crippen LogP contribution in [0, 0.1) is 26.6 Å². The highest BCUT2D eigenvalue weighted by Crippen LogP contribution is 2.17. The summed E-state index contributed by atoms with van der Waals surface area (Å²) in [6, 6.07) is 10.4. The van der Waals surface area contributed by atoms with Gasteiger partial charge in [-0.3, -0.25) is 4.79 Å². The Kier molecular flexibility index (Phi) is 3.65. The summed E-state index contributed by atoms with van der Waals surface area (Å²) in [6.07, 6.45) is 0. The summed E-state index contributed by atoms with van der Waals surface area (Å²) in [5.74, 6) is -0.895. The fourth-order valence-corrected chi connectivity index (χ4v) is 1.84. The predicted octanol–water partition coefficient (Wildman–Crippen LogP) is 4.00. The minimum Gasteiger partial charge on any atom is -0.322 e. The number of carbonyl (C=O) groups is 1. The largest absolute Gasteiger partial charge is 0.322 e. The summed E-state index contributed by atoms with van der Waals surface area (Å²) >= 11 is 0. The van der Waals surface area contributed by atoms with Gasteiger partial charge in [0.2, 0.25) is 0 Å². The number of anilines is 1. The molecule has 0 saturated heterocycles. The van der Waals surface area contributed by atoms with Gasteiger partial charge in [-0.1, -0.05) is 18.2 Å². The van der Waals surface area contributed by atoms with Gasteiger partial charge in [0.1, 0.15) is 5.82 Å². The van der Waals surface area contributed by atoms with Crippen molar-refractivity contribution in [1.29, 1.82) is 0 Å². The number of amides is 1. The lowest BCUT2D eigenvalue weighted by atomic mass is 10.1. The molecule has 1 N–H and O–H groups in total. The van der Waals surface area contributed by atoms with Crippen molar-refractivity contribution in [3.8, 4) is 0 Å². The first kappa shape index (κ1) is 13.3. The molecule has 0 spiro atoms. The number of carbonyl (C=O) groups excluding carboxylic acids is 1. The van der Waals surface area contributed by atoms with E-state index in [0.29, 0.717) is 11.3 Å². The molecule has 2 aromatic rings. The van der Waals surface area contributed by atoms with Gasteiger partial charge in [-0.25, -0.2) is 4.39 Å². The predicted molar refractivity (Wildman–Crippen MR) is 75.0 cm³/mol. The van der Waals surface area contributed by atoms with Crippen molar-refractivity contribution in [2.75, 3.05) is 5.32 Å². The summed E-state index contributed by atoms with van der Waals surface area (Å²) in [7, 11) is 0. The SMILES string of the molecule is Cc1ccc(NC(=O)c2cccc(C)c2F)cc1C. The van der Waals surface area contributed by atoms with E-state index in [1.165, 1.54) is 6.07 Å². The Morgan fingerprint density at radius 1 is 1.00 bits per heavy atom. The lowest BCUT2D eigenvalue weighted by molar-refractivity contribution is 0.102. The zero-order valence-electron chi connectivity index (χ0n) is 11.3. The van der Waals surface area contributed by atoms with E-state index < -0.39 is 11.7 Å². The van der Waals surface area contributed by atoms with Crippen LogP contribution in [0.15, 0.2) is 36.4 Å².